The number of aliphatic carboxylic acids is 1. The number of carboxylic acid groups (broad SMARTS) is 1. The van der Waals surface area contributed by atoms with Crippen LogP contribution in [0.15, 0.2) is 6.33 Å². The Labute approximate surface area is 104 Å². The lowest BCUT2D eigenvalue weighted by atomic mass is 9.85. The maximum atomic E-state index is 11.4. The molecule has 3 unspecified atom stereocenters. The zero-order chi connectivity index (χ0) is 11.8. The van der Waals surface area contributed by atoms with Crippen molar-refractivity contribution in [3.05, 3.63) is 6.33 Å². The van der Waals surface area contributed by atoms with E-state index in [1.165, 1.54) is 30.7 Å². The summed E-state index contributed by atoms with van der Waals surface area (Å²) in [7, 11) is 0. The molecule has 3 atom stereocenters. The molecule has 3 rings (SSSR count). The Morgan fingerprint density at radius 2 is 2.29 bits per heavy atom. The minimum absolute atomic E-state index is 0.359. The highest BCUT2D eigenvalue weighted by molar-refractivity contribution is 7.09. The van der Waals surface area contributed by atoms with Crippen LogP contribution in [0.5, 0.6) is 0 Å². The Kier molecular flexibility index (Phi) is 2.74. The van der Waals surface area contributed by atoms with E-state index in [-0.39, 0.29) is 0 Å². The number of hydrogen-bond donors (Lipinski definition) is 1. The zero-order valence-electron chi connectivity index (χ0n) is 9.45. The summed E-state index contributed by atoms with van der Waals surface area (Å²) >= 11 is 1.30. The first-order valence-electron chi connectivity index (χ1n) is 6.05. The fraction of sp³-hybridized carbons (Fsp3) is 0.727. The van der Waals surface area contributed by atoms with E-state index in [2.05, 4.69) is 9.36 Å². The van der Waals surface area contributed by atoms with E-state index in [0.717, 1.165) is 24.4 Å². The zero-order valence-corrected chi connectivity index (χ0v) is 10.3. The molecule has 1 aromatic rings. The Morgan fingerprint density at radius 3 is 3.00 bits per heavy atom. The number of fused-ring (bicyclic) bond motifs is 1. The van der Waals surface area contributed by atoms with Gasteiger partial charge in [0.05, 0.1) is 0 Å². The van der Waals surface area contributed by atoms with E-state index in [1.54, 1.807) is 0 Å². The van der Waals surface area contributed by atoms with Gasteiger partial charge in [-0.3, -0.25) is 0 Å². The maximum Gasteiger partial charge on any atom is 0.326 e. The van der Waals surface area contributed by atoms with Crippen molar-refractivity contribution in [2.45, 2.75) is 44.2 Å². The summed E-state index contributed by atoms with van der Waals surface area (Å²) < 4.78 is 3.99. The summed E-state index contributed by atoms with van der Waals surface area (Å²) in [5.41, 5.74) is 0. The van der Waals surface area contributed by atoms with Crippen molar-refractivity contribution >= 4 is 22.6 Å². The van der Waals surface area contributed by atoms with Gasteiger partial charge >= 0.3 is 5.97 Å². The van der Waals surface area contributed by atoms with Crippen LogP contribution in [0.3, 0.4) is 0 Å². The normalized spacial score (nSPS) is 32.5. The molecule has 92 valence electrons. The van der Waals surface area contributed by atoms with Crippen LogP contribution in [0.4, 0.5) is 5.13 Å². The molecule has 17 heavy (non-hydrogen) atoms. The molecule has 2 heterocycles. The molecular formula is C11H15N3O2S. The second-order valence-electron chi connectivity index (χ2n) is 4.83. The summed E-state index contributed by atoms with van der Waals surface area (Å²) in [6, 6.07) is -0.0474. The van der Waals surface area contributed by atoms with E-state index < -0.39 is 12.0 Å². The van der Waals surface area contributed by atoms with Crippen LogP contribution in [-0.2, 0) is 4.79 Å². The first kappa shape index (κ1) is 11.0. The Bertz CT molecular complexity index is 409. The third-order valence-electron chi connectivity index (χ3n) is 3.94. The quantitative estimate of drug-likeness (QED) is 0.870. The molecule has 0 amide bonds. The van der Waals surface area contributed by atoms with E-state index in [9.17, 15) is 9.90 Å². The Balaban J connectivity index is 1.93. The van der Waals surface area contributed by atoms with Crippen molar-refractivity contribution in [3.63, 3.8) is 0 Å². The van der Waals surface area contributed by atoms with Crippen molar-refractivity contribution in [1.82, 2.24) is 9.36 Å². The average molecular weight is 253 g/mol. The maximum absolute atomic E-state index is 11.4. The number of hydrogen-bond acceptors (Lipinski definition) is 5. The van der Waals surface area contributed by atoms with Gasteiger partial charge in [-0.2, -0.15) is 4.37 Å². The standard InChI is InChI=1S/C11H15N3O2S/c15-10(16)9-5-7-3-1-2-4-8(7)14(9)11-12-6-13-17-11/h6-9H,1-5H2,(H,15,16). The monoisotopic (exact) mass is 253 g/mol. The second kappa shape index (κ2) is 4.25. The molecule has 0 radical (unpaired) electrons. The molecule has 5 nitrogen and oxygen atoms in total. The summed E-state index contributed by atoms with van der Waals surface area (Å²) in [4.78, 5) is 17.6. The fourth-order valence-corrected chi connectivity index (χ4v) is 3.88. The van der Waals surface area contributed by atoms with Crippen LogP contribution in [0.2, 0.25) is 0 Å². The predicted molar refractivity (Wildman–Crippen MR) is 64.2 cm³/mol. The van der Waals surface area contributed by atoms with Gasteiger partial charge in [0, 0.05) is 17.6 Å². The number of aromatic nitrogens is 2. The lowest BCUT2D eigenvalue weighted by Crippen LogP contribution is -2.42. The van der Waals surface area contributed by atoms with Gasteiger partial charge in [-0.25, -0.2) is 9.78 Å². The smallest absolute Gasteiger partial charge is 0.326 e. The van der Waals surface area contributed by atoms with Gasteiger partial charge in [0.2, 0.25) is 5.13 Å². The topological polar surface area (TPSA) is 66.3 Å². The summed E-state index contributed by atoms with van der Waals surface area (Å²) in [6.45, 7) is 0. The molecule has 2 fully saturated rings. The highest BCUT2D eigenvalue weighted by atomic mass is 32.1. The van der Waals surface area contributed by atoms with Crippen molar-refractivity contribution in [3.8, 4) is 0 Å². The van der Waals surface area contributed by atoms with Crippen LogP contribution in [0.25, 0.3) is 0 Å². The second-order valence-corrected chi connectivity index (χ2v) is 5.59. The van der Waals surface area contributed by atoms with Crippen LogP contribution in [0, 0.1) is 5.92 Å². The van der Waals surface area contributed by atoms with Gasteiger partial charge in [0.1, 0.15) is 12.4 Å². The van der Waals surface area contributed by atoms with Crippen LogP contribution >= 0.6 is 11.5 Å². The SMILES string of the molecule is O=C(O)C1CC2CCCCC2N1c1ncns1. The average Bonchev–Trinajstić information content (AvgIpc) is 2.94. The summed E-state index contributed by atoms with van der Waals surface area (Å²) in [6.07, 6.45) is 6.95. The van der Waals surface area contributed by atoms with Gasteiger partial charge in [-0.1, -0.05) is 12.8 Å². The Morgan fingerprint density at radius 1 is 1.47 bits per heavy atom. The molecule has 2 aliphatic rings. The molecule has 1 saturated carbocycles. The first-order valence-corrected chi connectivity index (χ1v) is 6.82. The fourth-order valence-electron chi connectivity index (χ4n) is 3.24. The van der Waals surface area contributed by atoms with Crippen molar-refractivity contribution in [1.29, 1.82) is 0 Å². The number of carboxylic acids is 1. The third kappa shape index (κ3) is 1.80. The largest absolute Gasteiger partial charge is 0.480 e. The van der Waals surface area contributed by atoms with Crippen LogP contribution < -0.4 is 4.90 Å². The molecule has 1 aliphatic carbocycles. The molecule has 0 spiro atoms. The van der Waals surface area contributed by atoms with E-state index in [1.807, 2.05) is 4.90 Å². The third-order valence-corrected chi connectivity index (χ3v) is 4.62. The first-order chi connectivity index (χ1) is 8.27. The summed E-state index contributed by atoms with van der Waals surface area (Å²) in [5, 5.41) is 10.1. The minimum atomic E-state index is -0.727. The minimum Gasteiger partial charge on any atom is -0.480 e. The van der Waals surface area contributed by atoms with Crippen LogP contribution in [-0.4, -0.2) is 32.5 Å². The highest BCUT2D eigenvalue weighted by Crippen LogP contribution is 2.42. The molecule has 1 aliphatic heterocycles. The number of rotatable bonds is 2. The van der Waals surface area contributed by atoms with E-state index >= 15 is 0 Å². The number of carbonyl (C=O) groups is 1. The number of anilines is 1. The lowest BCUT2D eigenvalue weighted by molar-refractivity contribution is -0.138. The van der Waals surface area contributed by atoms with Crippen molar-refractivity contribution in [2.24, 2.45) is 5.92 Å². The molecule has 1 N–H and O–H groups in total. The summed E-state index contributed by atoms with van der Waals surface area (Å²) in [5.74, 6) is -0.205. The molecular weight excluding hydrogens is 238 g/mol. The van der Waals surface area contributed by atoms with Crippen LogP contribution in [0.1, 0.15) is 32.1 Å². The highest BCUT2D eigenvalue weighted by Gasteiger charge is 2.46. The van der Waals surface area contributed by atoms with Gasteiger partial charge in [0.25, 0.3) is 0 Å². The lowest BCUT2D eigenvalue weighted by Gasteiger charge is -2.32. The predicted octanol–water partition coefficient (Wildman–Crippen LogP) is 1.76. The van der Waals surface area contributed by atoms with Crippen molar-refractivity contribution < 1.29 is 9.90 Å². The molecule has 6 heteroatoms. The molecule has 0 bridgehead atoms. The van der Waals surface area contributed by atoms with E-state index in [0.29, 0.717) is 12.0 Å². The van der Waals surface area contributed by atoms with Gasteiger partial charge in [-0.05, 0) is 25.2 Å². The van der Waals surface area contributed by atoms with Crippen molar-refractivity contribution in [2.75, 3.05) is 4.90 Å². The molecule has 0 aromatic carbocycles. The van der Waals surface area contributed by atoms with E-state index in [4.69, 9.17) is 0 Å². The molecule has 1 aromatic heterocycles. The number of nitrogens with zero attached hydrogens (tertiary/aromatic N) is 3. The van der Waals surface area contributed by atoms with Gasteiger partial charge in [-0.15, -0.1) is 0 Å². The van der Waals surface area contributed by atoms with Gasteiger partial charge < -0.3 is 10.0 Å². The van der Waals surface area contributed by atoms with Gasteiger partial charge in [0.15, 0.2) is 0 Å². The molecule has 1 saturated heterocycles. The Hall–Kier alpha value is -1.17.